The maximum Gasteiger partial charge on any atom is 0.224 e. The molecular weight excluding hydrogens is 328 g/mol. The van der Waals surface area contributed by atoms with Gasteiger partial charge in [-0.3, -0.25) is 4.79 Å². The number of ether oxygens (including phenoxy) is 2. The Morgan fingerprint density at radius 1 is 1.04 bits per heavy atom. The molecule has 0 unspecified atom stereocenters. The number of aryl methyl sites for hydroxylation is 1. The molecule has 0 bridgehead atoms. The molecule has 0 aliphatic heterocycles. The molecule has 26 heavy (non-hydrogen) atoms. The number of amides is 1. The van der Waals surface area contributed by atoms with Gasteiger partial charge in [0.05, 0.1) is 20.6 Å². The van der Waals surface area contributed by atoms with Crippen molar-refractivity contribution in [3.05, 3.63) is 53.6 Å². The maximum atomic E-state index is 12.2. The zero-order valence-electron chi connectivity index (χ0n) is 16.0. The van der Waals surface area contributed by atoms with Crippen LogP contribution in [0.15, 0.2) is 42.5 Å². The van der Waals surface area contributed by atoms with Gasteiger partial charge in [-0.15, -0.1) is 0 Å². The second-order valence-corrected chi connectivity index (χ2v) is 6.37. The summed E-state index contributed by atoms with van der Waals surface area (Å²) < 4.78 is 10.5. The molecule has 1 amide bonds. The molecule has 2 aromatic carbocycles. The fraction of sp³-hybridized carbons (Fsp3) is 0.381. The molecule has 0 saturated carbocycles. The number of anilines is 1. The third-order valence-electron chi connectivity index (χ3n) is 4.26. The van der Waals surface area contributed by atoms with E-state index in [0.29, 0.717) is 12.3 Å². The molecule has 0 radical (unpaired) electrons. The SMILES string of the molecule is COc1ccc(OC)c(CC(=O)NCCCc2ccc(N(C)C)cc2)c1. The molecule has 5 heteroatoms. The Balaban J connectivity index is 1.78. The van der Waals surface area contributed by atoms with Gasteiger partial charge < -0.3 is 19.7 Å². The molecule has 0 heterocycles. The smallest absolute Gasteiger partial charge is 0.224 e. The Labute approximate surface area is 155 Å². The zero-order valence-corrected chi connectivity index (χ0v) is 16.0. The lowest BCUT2D eigenvalue weighted by Crippen LogP contribution is -2.26. The first kappa shape index (κ1) is 19.6. The number of hydrogen-bond donors (Lipinski definition) is 1. The van der Waals surface area contributed by atoms with Crippen LogP contribution in [0.1, 0.15) is 17.5 Å². The molecule has 0 aromatic heterocycles. The molecule has 2 aromatic rings. The summed E-state index contributed by atoms with van der Waals surface area (Å²) in [5.41, 5.74) is 3.29. The summed E-state index contributed by atoms with van der Waals surface area (Å²) in [6.07, 6.45) is 2.12. The van der Waals surface area contributed by atoms with Gasteiger partial charge in [-0.05, 0) is 48.7 Å². The molecule has 0 saturated heterocycles. The van der Waals surface area contributed by atoms with Gasteiger partial charge in [0.25, 0.3) is 0 Å². The highest BCUT2D eigenvalue weighted by atomic mass is 16.5. The highest BCUT2D eigenvalue weighted by Crippen LogP contribution is 2.24. The molecule has 140 valence electrons. The Hall–Kier alpha value is -2.69. The van der Waals surface area contributed by atoms with Gasteiger partial charge in [0, 0.05) is 31.9 Å². The van der Waals surface area contributed by atoms with Crippen LogP contribution in [0, 0.1) is 0 Å². The Bertz CT molecular complexity index is 712. The summed E-state index contributed by atoms with van der Waals surface area (Å²) in [6, 6.07) is 14.0. The summed E-state index contributed by atoms with van der Waals surface area (Å²) in [5.74, 6) is 1.40. The van der Waals surface area contributed by atoms with E-state index in [2.05, 4.69) is 34.5 Å². The van der Waals surface area contributed by atoms with E-state index in [1.54, 1.807) is 14.2 Å². The van der Waals surface area contributed by atoms with Gasteiger partial charge >= 0.3 is 0 Å². The number of nitrogens with one attached hydrogen (secondary N) is 1. The van der Waals surface area contributed by atoms with E-state index in [1.165, 1.54) is 11.3 Å². The molecule has 0 spiro atoms. The van der Waals surface area contributed by atoms with Gasteiger partial charge in [-0.1, -0.05) is 12.1 Å². The highest BCUT2D eigenvalue weighted by Gasteiger charge is 2.10. The predicted molar refractivity (Wildman–Crippen MR) is 105 cm³/mol. The van der Waals surface area contributed by atoms with Crippen LogP contribution in [-0.2, 0) is 17.6 Å². The quantitative estimate of drug-likeness (QED) is 0.702. The van der Waals surface area contributed by atoms with Crippen molar-refractivity contribution in [2.75, 3.05) is 39.8 Å². The van der Waals surface area contributed by atoms with Crippen LogP contribution in [0.5, 0.6) is 11.5 Å². The average Bonchev–Trinajstić information content (AvgIpc) is 2.65. The third-order valence-corrected chi connectivity index (χ3v) is 4.26. The number of benzene rings is 2. The van der Waals surface area contributed by atoms with E-state index >= 15 is 0 Å². The van der Waals surface area contributed by atoms with Crippen LogP contribution in [0.4, 0.5) is 5.69 Å². The zero-order chi connectivity index (χ0) is 18.9. The van der Waals surface area contributed by atoms with E-state index < -0.39 is 0 Å². The maximum absolute atomic E-state index is 12.2. The number of rotatable bonds is 9. The van der Waals surface area contributed by atoms with Crippen LogP contribution in [0.25, 0.3) is 0 Å². The summed E-state index contributed by atoms with van der Waals surface area (Å²) in [4.78, 5) is 14.3. The third kappa shape index (κ3) is 5.69. The molecule has 0 aliphatic rings. The van der Waals surface area contributed by atoms with Crippen molar-refractivity contribution in [2.24, 2.45) is 0 Å². The summed E-state index contributed by atoms with van der Waals surface area (Å²) in [6.45, 7) is 0.653. The lowest BCUT2D eigenvalue weighted by atomic mass is 10.1. The lowest BCUT2D eigenvalue weighted by molar-refractivity contribution is -0.120. The predicted octanol–water partition coefficient (Wildman–Crippen LogP) is 3.06. The van der Waals surface area contributed by atoms with Crippen molar-refractivity contribution in [1.82, 2.24) is 5.32 Å². The van der Waals surface area contributed by atoms with E-state index in [-0.39, 0.29) is 12.3 Å². The van der Waals surface area contributed by atoms with Crippen LogP contribution >= 0.6 is 0 Å². The minimum absolute atomic E-state index is 0.0143. The number of carbonyl (C=O) groups excluding carboxylic acids is 1. The van der Waals surface area contributed by atoms with E-state index in [1.807, 2.05) is 32.3 Å². The molecular formula is C21H28N2O3. The van der Waals surface area contributed by atoms with Gasteiger partial charge in [0.1, 0.15) is 11.5 Å². The molecule has 0 aliphatic carbocycles. The largest absolute Gasteiger partial charge is 0.497 e. The molecule has 5 nitrogen and oxygen atoms in total. The molecule has 1 N–H and O–H groups in total. The van der Waals surface area contributed by atoms with Crippen molar-refractivity contribution >= 4 is 11.6 Å². The van der Waals surface area contributed by atoms with E-state index in [4.69, 9.17) is 9.47 Å². The van der Waals surface area contributed by atoms with Crippen LogP contribution in [0.2, 0.25) is 0 Å². The molecule has 0 atom stereocenters. The van der Waals surface area contributed by atoms with Crippen LogP contribution < -0.4 is 19.7 Å². The summed E-state index contributed by atoms with van der Waals surface area (Å²) in [5, 5.41) is 2.98. The highest BCUT2D eigenvalue weighted by molar-refractivity contribution is 5.79. The first-order valence-corrected chi connectivity index (χ1v) is 8.77. The van der Waals surface area contributed by atoms with Crippen molar-refractivity contribution in [1.29, 1.82) is 0 Å². The fourth-order valence-corrected chi connectivity index (χ4v) is 2.74. The second-order valence-electron chi connectivity index (χ2n) is 6.37. The first-order chi connectivity index (χ1) is 12.5. The van der Waals surface area contributed by atoms with Crippen molar-refractivity contribution < 1.29 is 14.3 Å². The number of nitrogens with zero attached hydrogens (tertiary/aromatic N) is 1. The van der Waals surface area contributed by atoms with Crippen molar-refractivity contribution in [3.63, 3.8) is 0 Å². The van der Waals surface area contributed by atoms with Gasteiger partial charge in [0.15, 0.2) is 0 Å². The van der Waals surface area contributed by atoms with E-state index in [0.717, 1.165) is 24.2 Å². The minimum atomic E-state index is -0.0143. The number of hydrogen-bond acceptors (Lipinski definition) is 4. The Morgan fingerprint density at radius 3 is 2.38 bits per heavy atom. The Morgan fingerprint density at radius 2 is 1.77 bits per heavy atom. The average molecular weight is 356 g/mol. The van der Waals surface area contributed by atoms with E-state index in [9.17, 15) is 4.79 Å². The van der Waals surface area contributed by atoms with Gasteiger partial charge in [-0.2, -0.15) is 0 Å². The second kappa shape index (κ2) is 9.70. The van der Waals surface area contributed by atoms with Gasteiger partial charge in [-0.25, -0.2) is 0 Å². The number of methoxy groups -OCH3 is 2. The number of carbonyl (C=O) groups is 1. The normalized spacial score (nSPS) is 10.3. The van der Waals surface area contributed by atoms with Crippen LogP contribution in [0.3, 0.4) is 0 Å². The first-order valence-electron chi connectivity index (χ1n) is 8.77. The van der Waals surface area contributed by atoms with Crippen molar-refractivity contribution in [2.45, 2.75) is 19.3 Å². The topological polar surface area (TPSA) is 50.8 Å². The minimum Gasteiger partial charge on any atom is -0.497 e. The fourth-order valence-electron chi connectivity index (χ4n) is 2.74. The van der Waals surface area contributed by atoms with Crippen LogP contribution in [-0.4, -0.2) is 40.8 Å². The molecule has 0 fully saturated rings. The summed E-state index contributed by atoms with van der Waals surface area (Å²) >= 11 is 0. The lowest BCUT2D eigenvalue weighted by Gasteiger charge is -2.13. The summed E-state index contributed by atoms with van der Waals surface area (Å²) in [7, 11) is 7.27. The molecule has 2 rings (SSSR count). The monoisotopic (exact) mass is 356 g/mol. The van der Waals surface area contributed by atoms with Gasteiger partial charge in [0.2, 0.25) is 5.91 Å². The Kier molecular flexibility index (Phi) is 7.33. The standard InChI is InChI=1S/C21H28N2O3/c1-23(2)18-9-7-16(8-10-18)6-5-13-22-21(24)15-17-14-19(25-3)11-12-20(17)26-4/h7-12,14H,5-6,13,15H2,1-4H3,(H,22,24). The van der Waals surface area contributed by atoms with Crippen molar-refractivity contribution in [3.8, 4) is 11.5 Å².